The lowest BCUT2D eigenvalue weighted by atomic mass is 9.98. The SMILES string of the molecule is CCCC1CN(C(Cc2ccc3ccccc3c2)C(=O)NC)CCN1. The zero-order chi connectivity index (χ0) is 17.6. The Kier molecular flexibility index (Phi) is 6.05. The van der Waals surface area contributed by atoms with Crippen LogP contribution in [-0.4, -0.2) is 49.6 Å². The van der Waals surface area contributed by atoms with Crippen LogP contribution in [0.25, 0.3) is 10.8 Å². The van der Waals surface area contributed by atoms with Crippen molar-refractivity contribution >= 4 is 16.7 Å². The van der Waals surface area contributed by atoms with Gasteiger partial charge in [0.15, 0.2) is 0 Å². The van der Waals surface area contributed by atoms with Crippen molar-refractivity contribution in [2.24, 2.45) is 0 Å². The number of fused-ring (bicyclic) bond motifs is 1. The highest BCUT2D eigenvalue weighted by atomic mass is 16.2. The van der Waals surface area contributed by atoms with Gasteiger partial charge in [0.1, 0.15) is 0 Å². The summed E-state index contributed by atoms with van der Waals surface area (Å²) in [6, 6.07) is 15.3. The van der Waals surface area contributed by atoms with Gasteiger partial charge < -0.3 is 10.6 Å². The lowest BCUT2D eigenvalue weighted by Gasteiger charge is -2.38. The molecular weight excluding hydrogens is 310 g/mol. The number of rotatable bonds is 6. The first kappa shape index (κ1) is 17.9. The molecule has 0 aromatic heterocycles. The topological polar surface area (TPSA) is 44.4 Å². The number of carbonyl (C=O) groups is 1. The third-order valence-corrected chi connectivity index (χ3v) is 5.16. The molecule has 1 amide bonds. The van der Waals surface area contributed by atoms with Crippen LogP contribution in [0.5, 0.6) is 0 Å². The molecule has 0 bridgehead atoms. The molecule has 1 aliphatic rings. The second-order valence-corrected chi connectivity index (χ2v) is 6.95. The monoisotopic (exact) mass is 339 g/mol. The number of amides is 1. The number of piperazine rings is 1. The Hall–Kier alpha value is -1.91. The fourth-order valence-corrected chi connectivity index (χ4v) is 3.82. The zero-order valence-corrected chi connectivity index (χ0v) is 15.3. The predicted molar refractivity (Wildman–Crippen MR) is 104 cm³/mol. The lowest BCUT2D eigenvalue weighted by molar-refractivity contribution is -0.126. The smallest absolute Gasteiger partial charge is 0.237 e. The number of hydrogen-bond donors (Lipinski definition) is 2. The van der Waals surface area contributed by atoms with E-state index in [0.717, 1.165) is 32.5 Å². The first-order valence-corrected chi connectivity index (χ1v) is 9.38. The molecule has 2 aromatic carbocycles. The van der Waals surface area contributed by atoms with E-state index in [1.54, 1.807) is 7.05 Å². The summed E-state index contributed by atoms with van der Waals surface area (Å²) in [5, 5.41) is 8.92. The third-order valence-electron chi connectivity index (χ3n) is 5.16. The van der Waals surface area contributed by atoms with E-state index in [0.29, 0.717) is 6.04 Å². The number of nitrogens with zero attached hydrogens (tertiary/aromatic N) is 1. The van der Waals surface area contributed by atoms with Crippen LogP contribution >= 0.6 is 0 Å². The summed E-state index contributed by atoms with van der Waals surface area (Å²) in [6.45, 7) is 5.03. The summed E-state index contributed by atoms with van der Waals surface area (Å²) in [5.41, 5.74) is 1.22. The van der Waals surface area contributed by atoms with Crippen molar-refractivity contribution in [1.29, 1.82) is 0 Å². The molecule has 1 heterocycles. The molecule has 134 valence electrons. The number of likely N-dealkylation sites (N-methyl/N-ethyl adjacent to an activating group) is 1. The van der Waals surface area contributed by atoms with Crippen LogP contribution in [0.4, 0.5) is 0 Å². The maximum Gasteiger partial charge on any atom is 0.237 e. The molecule has 1 fully saturated rings. The van der Waals surface area contributed by atoms with Crippen LogP contribution in [-0.2, 0) is 11.2 Å². The van der Waals surface area contributed by atoms with E-state index in [4.69, 9.17) is 0 Å². The fourth-order valence-electron chi connectivity index (χ4n) is 3.82. The minimum absolute atomic E-state index is 0.104. The molecule has 0 saturated carbocycles. The summed E-state index contributed by atoms with van der Waals surface area (Å²) in [6.07, 6.45) is 3.08. The maximum atomic E-state index is 12.6. The van der Waals surface area contributed by atoms with E-state index in [1.165, 1.54) is 22.8 Å². The highest BCUT2D eigenvalue weighted by Crippen LogP contribution is 2.19. The molecule has 0 radical (unpaired) electrons. The zero-order valence-electron chi connectivity index (χ0n) is 15.3. The summed E-state index contributed by atoms with van der Waals surface area (Å²) < 4.78 is 0. The van der Waals surface area contributed by atoms with E-state index in [2.05, 4.69) is 64.9 Å². The number of carbonyl (C=O) groups excluding carboxylic acids is 1. The van der Waals surface area contributed by atoms with Crippen molar-refractivity contribution in [1.82, 2.24) is 15.5 Å². The van der Waals surface area contributed by atoms with Gasteiger partial charge in [0.25, 0.3) is 0 Å². The van der Waals surface area contributed by atoms with Gasteiger partial charge in [0.2, 0.25) is 5.91 Å². The Morgan fingerprint density at radius 2 is 2.08 bits per heavy atom. The van der Waals surface area contributed by atoms with Gasteiger partial charge in [0.05, 0.1) is 6.04 Å². The first-order chi connectivity index (χ1) is 12.2. The molecule has 4 nitrogen and oxygen atoms in total. The van der Waals surface area contributed by atoms with Gasteiger partial charge in [-0.05, 0) is 29.2 Å². The number of benzene rings is 2. The van der Waals surface area contributed by atoms with Crippen LogP contribution in [0, 0.1) is 0 Å². The summed E-state index contributed by atoms with van der Waals surface area (Å²) in [4.78, 5) is 14.9. The van der Waals surface area contributed by atoms with E-state index in [-0.39, 0.29) is 11.9 Å². The van der Waals surface area contributed by atoms with Gasteiger partial charge in [0, 0.05) is 32.7 Å². The molecule has 0 aliphatic carbocycles. The molecule has 3 rings (SSSR count). The average molecular weight is 339 g/mol. The Balaban J connectivity index is 1.79. The van der Waals surface area contributed by atoms with Crippen LogP contribution in [0.15, 0.2) is 42.5 Å². The van der Waals surface area contributed by atoms with Crippen LogP contribution in [0.2, 0.25) is 0 Å². The predicted octanol–water partition coefficient (Wildman–Crippen LogP) is 2.57. The van der Waals surface area contributed by atoms with Gasteiger partial charge >= 0.3 is 0 Å². The number of nitrogens with one attached hydrogen (secondary N) is 2. The van der Waals surface area contributed by atoms with E-state index in [1.807, 2.05) is 0 Å². The van der Waals surface area contributed by atoms with Gasteiger partial charge in [-0.3, -0.25) is 9.69 Å². The standard InChI is InChI=1S/C21H29N3O/c1-3-6-19-15-24(12-11-23-19)20(21(25)22-2)14-16-9-10-17-7-4-5-8-18(17)13-16/h4-5,7-10,13,19-20,23H,3,6,11-12,14-15H2,1-2H3,(H,22,25). The van der Waals surface area contributed by atoms with E-state index < -0.39 is 0 Å². The van der Waals surface area contributed by atoms with Crippen molar-refractivity contribution < 1.29 is 4.79 Å². The lowest BCUT2D eigenvalue weighted by Crippen LogP contribution is -2.57. The largest absolute Gasteiger partial charge is 0.358 e. The average Bonchev–Trinajstić information content (AvgIpc) is 2.66. The van der Waals surface area contributed by atoms with Crippen molar-refractivity contribution in [2.45, 2.75) is 38.3 Å². The molecule has 2 aromatic rings. The van der Waals surface area contributed by atoms with E-state index >= 15 is 0 Å². The van der Waals surface area contributed by atoms with Gasteiger partial charge in [-0.15, -0.1) is 0 Å². The van der Waals surface area contributed by atoms with Crippen molar-refractivity contribution in [3.05, 3.63) is 48.0 Å². The first-order valence-electron chi connectivity index (χ1n) is 9.38. The second kappa shape index (κ2) is 8.45. The Labute approximate surface area is 150 Å². The molecule has 4 heteroatoms. The van der Waals surface area contributed by atoms with Crippen molar-refractivity contribution in [3.63, 3.8) is 0 Å². The van der Waals surface area contributed by atoms with Crippen LogP contribution < -0.4 is 10.6 Å². The molecule has 0 spiro atoms. The number of hydrogen-bond acceptors (Lipinski definition) is 3. The van der Waals surface area contributed by atoms with Crippen LogP contribution in [0.3, 0.4) is 0 Å². The quantitative estimate of drug-likeness (QED) is 0.850. The summed E-state index contributed by atoms with van der Waals surface area (Å²) >= 11 is 0. The van der Waals surface area contributed by atoms with Gasteiger partial charge in [-0.2, -0.15) is 0 Å². The Morgan fingerprint density at radius 1 is 1.28 bits per heavy atom. The fraction of sp³-hybridized carbons (Fsp3) is 0.476. The molecule has 25 heavy (non-hydrogen) atoms. The highest BCUT2D eigenvalue weighted by molar-refractivity contribution is 5.84. The van der Waals surface area contributed by atoms with Gasteiger partial charge in [-0.25, -0.2) is 0 Å². The normalized spacial score (nSPS) is 19.7. The minimum Gasteiger partial charge on any atom is -0.358 e. The summed E-state index contributed by atoms with van der Waals surface area (Å²) in [5.74, 6) is 0.116. The minimum atomic E-state index is -0.104. The molecular formula is C21H29N3O. The molecule has 1 aliphatic heterocycles. The maximum absolute atomic E-state index is 12.6. The Bertz CT molecular complexity index is 713. The third kappa shape index (κ3) is 4.39. The van der Waals surface area contributed by atoms with Gasteiger partial charge in [-0.1, -0.05) is 55.8 Å². The van der Waals surface area contributed by atoms with Crippen molar-refractivity contribution in [3.8, 4) is 0 Å². The molecule has 2 atom stereocenters. The molecule has 2 unspecified atom stereocenters. The van der Waals surface area contributed by atoms with Crippen molar-refractivity contribution in [2.75, 3.05) is 26.7 Å². The molecule has 1 saturated heterocycles. The molecule has 2 N–H and O–H groups in total. The van der Waals surface area contributed by atoms with Crippen LogP contribution in [0.1, 0.15) is 25.3 Å². The Morgan fingerprint density at radius 3 is 2.84 bits per heavy atom. The van der Waals surface area contributed by atoms with E-state index in [9.17, 15) is 4.79 Å². The second-order valence-electron chi connectivity index (χ2n) is 6.95. The highest BCUT2D eigenvalue weighted by Gasteiger charge is 2.29. The summed E-state index contributed by atoms with van der Waals surface area (Å²) in [7, 11) is 1.74.